The van der Waals surface area contributed by atoms with Crippen LogP contribution in [0.5, 0.6) is 0 Å². The van der Waals surface area contributed by atoms with E-state index in [4.69, 9.17) is 9.98 Å². The molecule has 264 valence electrons. The molecule has 0 fully saturated rings. The highest BCUT2D eigenvalue weighted by atomic mass is 15.2. The number of rotatable bonds is 6. The van der Waals surface area contributed by atoms with Crippen LogP contribution in [0.1, 0.15) is 22.9 Å². The zero-order chi connectivity index (χ0) is 37.0. The Bertz CT molecular complexity index is 3140. The normalized spacial score (nSPS) is 14.2. The van der Waals surface area contributed by atoms with Gasteiger partial charge in [-0.1, -0.05) is 158 Å². The summed E-state index contributed by atoms with van der Waals surface area (Å²) in [5, 5.41) is 8.57. The van der Waals surface area contributed by atoms with Gasteiger partial charge in [0, 0.05) is 49.6 Å². The minimum Gasteiger partial charge on any atom is -0.344 e. The maximum Gasteiger partial charge on any atom is 0.159 e. The van der Waals surface area contributed by atoms with Crippen LogP contribution < -0.4 is 5.32 Å². The standard InChI is InChI=1S/C51H35N5/c1-5-18-34(19-6-1)46-47-42(40-28-13-15-30-44(40)55(47)38-25-11-4-12-26-38)33-43-41-29-14-16-31-45(41)56(48(43)46)39-27-17-24-37(32-39)51-53-49(35-20-7-2-8-21-35)52-50(54-51)36-22-9-3-10-23-36/h1-33,51H,(H,52,53,54). The molecule has 1 N–H and O–H groups in total. The van der Waals surface area contributed by atoms with Crippen molar-refractivity contribution in [3.8, 4) is 22.5 Å². The third kappa shape index (κ3) is 5.17. The number of benzene rings is 8. The molecule has 56 heavy (non-hydrogen) atoms. The number of amidine groups is 2. The second-order valence-electron chi connectivity index (χ2n) is 14.2. The molecule has 11 rings (SSSR count). The average Bonchev–Trinajstić information content (AvgIpc) is 3.79. The number of para-hydroxylation sites is 3. The Kier molecular flexibility index (Phi) is 7.49. The maximum absolute atomic E-state index is 5.23. The van der Waals surface area contributed by atoms with Crippen molar-refractivity contribution in [3.63, 3.8) is 0 Å². The molecular weight excluding hydrogens is 683 g/mol. The van der Waals surface area contributed by atoms with Crippen molar-refractivity contribution < 1.29 is 0 Å². The van der Waals surface area contributed by atoms with Crippen LogP contribution in [0.15, 0.2) is 210 Å². The molecule has 3 heterocycles. The Balaban J connectivity index is 1.20. The highest BCUT2D eigenvalue weighted by molar-refractivity contribution is 6.26. The molecule has 1 atom stereocenters. The van der Waals surface area contributed by atoms with Gasteiger partial charge in [-0.05, 0) is 53.6 Å². The van der Waals surface area contributed by atoms with Gasteiger partial charge in [0.15, 0.2) is 5.84 Å². The summed E-state index contributed by atoms with van der Waals surface area (Å²) in [5.74, 6) is 1.51. The lowest BCUT2D eigenvalue weighted by Crippen LogP contribution is -2.33. The Morgan fingerprint density at radius 2 is 0.911 bits per heavy atom. The molecule has 1 aliphatic heterocycles. The molecule has 0 radical (unpaired) electrons. The molecule has 0 saturated carbocycles. The predicted molar refractivity (Wildman–Crippen MR) is 232 cm³/mol. The number of nitrogens with zero attached hydrogens (tertiary/aromatic N) is 4. The van der Waals surface area contributed by atoms with Crippen LogP contribution in [0.25, 0.3) is 66.1 Å². The van der Waals surface area contributed by atoms with Crippen molar-refractivity contribution in [1.82, 2.24) is 14.5 Å². The molecular formula is C51H35N5. The molecule has 0 bridgehead atoms. The Morgan fingerprint density at radius 1 is 0.411 bits per heavy atom. The van der Waals surface area contributed by atoms with Crippen molar-refractivity contribution in [2.24, 2.45) is 9.98 Å². The third-order valence-corrected chi connectivity index (χ3v) is 10.9. The molecule has 2 aromatic heterocycles. The van der Waals surface area contributed by atoms with Crippen LogP contribution in [-0.2, 0) is 0 Å². The van der Waals surface area contributed by atoms with E-state index in [2.05, 4.69) is 178 Å². The Labute approximate surface area is 324 Å². The SMILES string of the molecule is c1ccc(C2=NC(c3cccc(-n4c5ccccc5c5cc6c7ccccc7n(-c7ccccc7)c6c(-c6ccccc6)c54)c3)NC(c3ccccc3)=N2)cc1. The zero-order valence-corrected chi connectivity index (χ0v) is 30.4. The molecule has 10 aromatic rings. The first-order valence-corrected chi connectivity index (χ1v) is 19.0. The van der Waals surface area contributed by atoms with Crippen LogP contribution in [0.3, 0.4) is 0 Å². The summed E-state index contributed by atoms with van der Waals surface area (Å²) in [6.07, 6.45) is -0.355. The van der Waals surface area contributed by atoms with Gasteiger partial charge in [0.25, 0.3) is 0 Å². The number of aromatic nitrogens is 2. The summed E-state index contributed by atoms with van der Waals surface area (Å²) in [6, 6.07) is 71.0. The Hall–Kier alpha value is -7.50. The highest BCUT2D eigenvalue weighted by Gasteiger charge is 2.26. The number of hydrogen-bond donors (Lipinski definition) is 1. The highest BCUT2D eigenvalue weighted by Crippen LogP contribution is 2.46. The van der Waals surface area contributed by atoms with Crippen LogP contribution >= 0.6 is 0 Å². The van der Waals surface area contributed by atoms with Crippen LogP contribution in [0, 0.1) is 0 Å². The molecule has 8 aromatic carbocycles. The van der Waals surface area contributed by atoms with Gasteiger partial charge in [0.1, 0.15) is 12.0 Å². The summed E-state index contributed by atoms with van der Waals surface area (Å²) in [6.45, 7) is 0. The lowest BCUT2D eigenvalue weighted by atomic mass is 9.97. The Morgan fingerprint density at radius 3 is 1.54 bits per heavy atom. The molecule has 1 unspecified atom stereocenters. The quantitative estimate of drug-likeness (QED) is 0.183. The van der Waals surface area contributed by atoms with Crippen LogP contribution in [0.2, 0.25) is 0 Å². The molecule has 0 amide bonds. The van der Waals surface area contributed by atoms with Crippen molar-refractivity contribution in [2.45, 2.75) is 6.17 Å². The van der Waals surface area contributed by atoms with Crippen molar-refractivity contribution in [3.05, 3.63) is 217 Å². The van der Waals surface area contributed by atoms with Gasteiger partial charge >= 0.3 is 0 Å². The third-order valence-electron chi connectivity index (χ3n) is 10.9. The average molecular weight is 718 g/mol. The molecule has 5 nitrogen and oxygen atoms in total. The number of fused-ring (bicyclic) bond motifs is 6. The van der Waals surface area contributed by atoms with Gasteiger partial charge in [0.05, 0.1) is 22.1 Å². The van der Waals surface area contributed by atoms with Gasteiger partial charge < -0.3 is 14.5 Å². The van der Waals surface area contributed by atoms with E-state index in [9.17, 15) is 0 Å². The van der Waals surface area contributed by atoms with E-state index in [1.54, 1.807) is 0 Å². The van der Waals surface area contributed by atoms with Gasteiger partial charge in [-0.3, -0.25) is 0 Å². The van der Waals surface area contributed by atoms with E-state index in [1.807, 2.05) is 36.4 Å². The first kappa shape index (κ1) is 32.0. The second kappa shape index (κ2) is 13.1. The molecule has 5 heteroatoms. The van der Waals surface area contributed by atoms with E-state index >= 15 is 0 Å². The number of aliphatic imine (C=N–C) groups is 2. The molecule has 1 aliphatic rings. The monoisotopic (exact) mass is 717 g/mol. The molecule has 0 saturated heterocycles. The van der Waals surface area contributed by atoms with Crippen LogP contribution in [0.4, 0.5) is 0 Å². The summed E-state index contributed by atoms with van der Waals surface area (Å²) in [7, 11) is 0. The van der Waals surface area contributed by atoms with E-state index in [0.717, 1.165) is 45.0 Å². The lowest BCUT2D eigenvalue weighted by Gasteiger charge is -2.24. The molecule has 0 spiro atoms. The second-order valence-corrected chi connectivity index (χ2v) is 14.2. The van der Waals surface area contributed by atoms with E-state index in [1.165, 1.54) is 43.7 Å². The molecule has 0 aliphatic carbocycles. The van der Waals surface area contributed by atoms with Gasteiger partial charge in [-0.15, -0.1) is 0 Å². The van der Waals surface area contributed by atoms with Gasteiger partial charge in [-0.2, -0.15) is 0 Å². The summed E-state index contributed by atoms with van der Waals surface area (Å²) in [4.78, 5) is 10.3. The first-order chi connectivity index (χ1) is 27.8. The van der Waals surface area contributed by atoms with Crippen LogP contribution in [-0.4, -0.2) is 20.8 Å². The summed E-state index contributed by atoms with van der Waals surface area (Å²) >= 11 is 0. The van der Waals surface area contributed by atoms with E-state index < -0.39 is 0 Å². The summed E-state index contributed by atoms with van der Waals surface area (Å²) in [5.41, 5.74) is 12.3. The largest absolute Gasteiger partial charge is 0.344 e. The van der Waals surface area contributed by atoms with Crippen molar-refractivity contribution in [1.29, 1.82) is 0 Å². The van der Waals surface area contributed by atoms with Crippen molar-refractivity contribution in [2.75, 3.05) is 0 Å². The predicted octanol–water partition coefficient (Wildman–Crippen LogP) is 12.0. The zero-order valence-electron chi connectivity index (χ0n) is 30.4. The fourth-order valence-corrected chi connectivity index (χ4v) is 8.48. The lowest BCUT2D eigenvalue weighted by molar-refractivity contribution is 0.674. The topological polar surface area (TPSA) is 46.6 Å². The first-order valence-electron chi connectivity index (χ1n) is 19.0. The summed E-state index contributed by atoms with van der Waals surface area (Å²) < 4.78 is 4.90. The fourth-order valence-electron chi connectivity index (χ4n) is 8.48. The van der Waals surface area contributed by atoms with E-state index in [-0.39, 0.29) is 6.17 Å². The van der Waals surface area contributed by atoms with E-state index in [0.29, 0.717) is 5.84 Å². The minimum atomic E-state index is -0.355. The van der Waals surface area contributed by atoms with Gasteiger partial charge in [0.2, 0.25) is 0 Å². The minimum absolute atomic E-state index is 0.355. The number of hydrogen-bond acceptors (Lipinski definition) is 3. The maximum atomic E-state index is 5.23. The fraction of sp³-hybridized carbons (Fsp3) is 0.0196. The van der Waals surface area contributed by atoms with Gasteiger partial charge in [-0.25, -0.2) is 9.98 Å². The van der Waals surface area contributed by atoms with Crippen molar-refractivity contribution >= 4 is 55.3 Å². The number of nitrogens with one attached hydrogen (secondary N) is 1. The smallest absolute Gasteiger partial charge is 0.159 e.